The van der Waals surface area contributed by atoms with Gasteiger partial charge in [0.2, 0.25) is 0 Å². The number of aliphatic hydroxyl groups is 1. The van der Waals surface area contributed by atoms with Gasteiger partial charge in [0.05, 0.1) is 6.61 Å². The summed E-state index contributed by atoms with van der Waals surface area (Å²) in [7, 11) is 0. The summed E-state index contributed by atoms with van der Waals surface area (Å²) in [6, 6.07) is 2.50. The van der Waals surface area contributed by atoms with Crippen molar-refractivity contribution < 1.29 is 5.11 Å². The minimum Gasteiger partial charge on any atom is -0.395 e. The molecule has 3 N–H and O–H groups in total. The Morgan fingerprint density at radius 3 is 2.74 bits per heavy atom. The summed E-state index contributed by atoms with van der Waals surface area (Å²) < 4.78 is 1.90. The quantitative estimate of drug-likeness (QED) is 0.784. The zero-order chi connectivity index (χ0) is 13.5. The summed E-state index contributed by atoms with van der Waals surface area (Å²) in [5.74, 6) is 0.583. The minimum absolute atomic E-state index is 0.255. The van der Waals surface area contributed by atoms with Crippen LogP contribution in [0.1, 0.15) is 38.5 Å². The van der Waals surface area contributed by atoms with Gasteiger partial charge in [0.25, 0.3) is 0 Å². The average molecular weight is 266 g/mol. The highest BCUT2D eigenvalue weighted by molar-refractivity contribution is 5.23. The highest BCUT2D eigenvalue weighted by atomic mass is 16.3. The molecule has 5 heteroatoms. The van der Waals surface area contributed by atoms with Crippen LogP contribution in [0.15, 0.2) is 12.3 Å². The Kier molecular flexibility index (Phi) is 5.66. The molecule has 1 aromatic heterocycles. The van der Waals surface area contributed by atoms with Gasteiger partial charge in [0, 0.05) is 31.9 Å². The molecule has 1 aliphatic rings. The number of anilines is 1. The number of hydrogen-bond acceptors (Lipinski definition) is 4. The van der Waals surface area contributed by atoms with E-state index in [9.17, 15) is 5.11 Å². The minimum atomic E-state index is 0.255. The molecule has 0 unspecified atom stereocenters. The average Bonchev–Trinajstić information content (AvgIpc) is 2.84. The molecule has 1 aromatic rings. The molecule has 1 heterocycles. The number of nitrogens with two attached hydrogens (primary N) is 1. The third-order valence-corrected chi connectivity index (χ3v) is 3.97. The summed E-state index contributed by atoms with van der Waals surface area (Å²) in [6.45, 7) is 2.98. The van der Waals surface area contributed by atoms with Crippen molar-refractivity contribution in [1.82, 2.24) is 14.7 Å². The Balaban J connectivity index is 1.76. The molecule has 0 aromatic carbocycles. The molecule has 0 atom stereocenters. The molecule has 0 amide bonds. The van der Waals surface area contributed by atoms with E-state index in [2.05, 4.69) is 10.00 Å². The van der Waals surface area contributed by atoms with Crippen molar-refractivity contribution in [2.75, 3.05) is 25.4 Å². The Hall–Kier alpha value is -1.07. The Morgan fingerprint density at radius 1 is 1.32 bits per heavy atom. The van der Waals surface area contributed by atoms with Crippen LogP contribution in [-0.2, 0) is 6.54 Å². The smallest absolute Gasteiger partial charge is 0.145 e. The lowest BCUT2D eigenvalue weighted by Crippen LogP contribution is -2.39. The number of aliphatic hydroxyl groups excluding tert-OH is 1. The van der Waals surface area contributed by atoms with E-state index in [4.69, 9.17) is 5.73 Å². The Morgan fingerprint density at radius 2 is 2.11 bits per heavy atom. The van der Waals surface area contributed by atoms with Crippen molar-refractivity contribution in [3.8, 4) is 0 Å². The summed E-state index contributed by atoms with van der Waals surface area (Å²) in [4.78, 5) is 2.45. The first-order valence-electron chi connectivity index (χ1n) is 7.43. The van der Waals surface area contributed by atoms with Gasteiger partial charge < -0.3 is 10.8 Å². The van der Waals surface area contributed by atoms with E-state index in [0.717, 1.165) is 26.1 Å². The first kappa shape index (κ1) is 14.3. The van der Waals surface area contributed by atoms with Crippen molar-refractivity contribution >= 4 is 5.82 Å². The van der Waals surface area contributed by atoms with E-state index in [1.54, 1.807) is 0 Å². The fourth-order valence-electron chi connectivity index (χ4n) is 2.99. The van der Waals surface area contributed by atoms with Crippen LogP contribution in [0.5, 0.6) is 0 Å². The van der Waals surface area contributed by atoms with Crippen molar-refractivity contribution in [3.05, 3.63) is 12.3 Å². The van der Waals surface area contributed by atoms with E-state index < -0.39 is 0 Å². The fraction of sp³-hybridized carbons (Fsp3) is 0.786. The number of rotatable bonds is 7. The summed E-state index contributed by atoms with van der Waals surface area (Å²) >= 11 is 0. The second-order valence-corrected chi connectivity index (χ2v) is 5.41. The number of aryl methyl sites for hydroxylation is 1. The second-order valence-electron chi connectivity index (χ2n) is 5.41. The molecule has 0 bridgehead atoms. The van der Waals surface area contributed by atoms with Gasteiger partial charge in [-0.15, -0.1) is 0 Å². The molecule has 0 spiro atoms. The number of nitrogen functional groups attached to an aromatic ring is 1. The van der Waals surface area contributed by atoms with Gasteiger partial charge in [-0.2, -0.15) is 5.10 Å². The number of nitrogens with zero attached hydrogens (tertiary/aromatic N) is 3. The summed E-state index contributed by atoms with van der Waals surface area (Å²) in [6.07, 6.45) is 9.59. The molecular formula is C14H26N4O. The lowest BCUT2D eigenvalue weighted by Gasteiger charge is -2.33. The molecular weight excluding hydrogens is 240 g/mol. The number of aromatic nitrogens is 2. The third kappa shape index (κ3) is 4.51. The SMILES string of the molecule is Nc1ccn(CCCN(CCO)C2CCCCC2)n1. The standard InChI is InChI=1S/C14H26N4O/c15-14-7-10-18(16-14)9-4-8-17(11-12-19)13-5-2-1-3-6-13/h7,10,13,19H,1-6,8-9,11-12H2,(H2,15,16). The van der Waals surface area contributed by atoms with Crippen LogP contribution in [0.4, 0.5) is 5.82 Å². The van der Waals surface area contributed by atoms with E-state index in [0.29, 0.717) is 11.9 Å². The first-order chi connectivity index (χ1) is 9.29. The van der Waals surface area contributed by atoms with Crippen molar-refractivity contribution in [2.24, 2.45) is 0 Å². The maximum absolute atomic E-state index is 9.21. The predicted octanol–water partition coefficient (Wildman–Crippen LogP) is 1.48. The van der Waals surface area contributed by atoms with Gasteiger partial charge in [0.1, 0.15) is 5.82 Å². The van der Waals surface area contributed by atoms with Crippen LogP contribution in [0.3, 0.4) is 0 Å². The lowest BCUT2D eigenvalue weighted by molar-refractivity contribution is 0.121. The molecule has 2 rings (SSSR count). The highest BCUT2D eigenvalue weighted by Gasteiger charge is 2.20. The zero-order valence-corrected chi connectivity index (χ0v) is 11.7. The van der Waals surface area contributed by atoms with Crippen LogP contribution in [0.25, 0.3) is 0 Å². The molecule has 19 heavy (non-hydrogen) atoms. The van der Waals surface area contributed by atoms with E-state index >= 15 is 0 Å². The predicted molar refractivity (Wildman–Crippen MR) is 76.8 cm³/mol. The van der Waals surface area contributed by atoms with Crippen LogP contribution < -0.4 is 5.73 Å². The maximum Gasteiger partial charge on any atom is 0.145 e. The first-order valence-corrected chi connectivity index (χ1v) is 7.43. The van der Waals surface area contributed by atoms with Gasteiger partial charge in [0.15, 0.2) is 0 Å². The van der Waals surface area contributed by atoms with Gasteiger partial charge in [-0.3, -0.25) is 9.58 Å². The van der Waals surface area contributed by atoms with Crippen LogP contribution in [0, 0.1) is 0 Å². The largest absolute Gasteiger partial charge is 0.395 e. The molecule has 0 saturated heterocycles. The highest BCUT2D eigenvalue weighted by Crippen LogP contribution is 2.22. The topological polar surface area (TPSA) is 67.3 Å². The van der Waals surface area contributed by atoms with Crippen LogP contribution in [-0.4, -0.2) is 45.5 Å². The molecule has 1 fully saturated rings. The molecule has 108 valence electrons. The zero-order valence-electron chi connectivity index (χ0n) is 11.7. The third-order valence-electron chi connectivity index (χ3n) is 3.97. The second kappa shape index (κ2) is 7.50. The number of hydrogen-bond donors (Lipinski definition) is 2. The van der Waals surface area contributed by atoms with Crippen molar-refractivity contribution in [1.29, 1.82) is 0 Å². The summed E-state index contributed by atoms with van der Waals surface area (Å²) in [5, 5.41) is 13.4. The van der Waals surface area contributed by atoms with Gasteiger partial charge in [-0.05, 0) is 25.3 Å². The lowest BCUT2D eigenvalue weighted by atomic mass is 9.94. The molecule has 0 radical (unpaired) electrons. The monoisotopic (exact) mass is 266 g/mol. The maximum atomic E-state index is 9.21. The summed E-state index contributed by atoms with van der Waals surface area (Å²) in [5.41, 5.74) is 5.60. The van der Waals surface area contributed by atoms with Crippen LogP contribution in [0.2, 0.25) is 0 Å². The Labute approximate surface area is 115 Å². The Bertz CT molecular complexity index is 360. The van der Waals surface area contributed by atoms with Crippen molar-refractivity contribution in [3.63, 3.8) is 0 Å². The van der Waals surface area contributed by atoms with Gasteiger partial charge in [-0.25, -0.2) is 0 Å². The molecule has 1 aliphatic carbocycles. The van der Waals surface area contributed by atoms with Crippen molar-refractivity contribution in [2.45, 2.75) is 51.1 Å². The van der Waals surface area contributed by atoms with E-state index in [-0.39, 0.29) is 6.61 Å². The van der Waals surface area contributed by atoms with E-state index in [1.807, 2.05) is 16.9 Å². The molecule has 1 saturated carbocycles. The van der Waals surface area contributed by atoms with Crippen LogP contribution >= 0.6 is 0 Å². The fourth-order valence-corrected chi connectivity index (χ4v) is 2.99. The van der Waals surface area contributed by atoms with Gasteiger partial charge >= 0.3 is 0 Å². The van der Waals surface area contributed by atoms with E-state index in [1.165, 1.54) is 32.1 Å². The van der Waals surface area contributed by atoms with Gasteiger partial charge in [-0.1, -0.05) is 19.3 Å². The molecule has 5 nitrogen and oxygen atoms in total. The normalized spacial score (nSPS) is 17.2. The molecule has 0 aliphatic heterocycles.